The van der Waals surface area contributed by atoms with Crippen molar-refractivity contribution in [2.45, 2.75) is 0 Å². The van der Waals surface area contributed by atoms with Gasteiger partial charge >= 0.3 is 0 Å². The van der Waals surface area contributed by atoms with E-state index in [-0.39, 0.29) is 15.8 Å². The van der Waals surface area contributed by atoms with E-state index in [0.29, 0.717) is 11.3 Å². The predicted molar refractivity (Wildman–Crippen MR) is 88.0 cm³/mol. The van der Waals surface area contributed by atoms with Gasteiger partial charge in [-0.15, -0.1) is 0 Å². The largest absolute Gasteiger partial charge is 0.298 e. The highest BCUT2D eigenvalue weighted by molar-refractivity contribution is 8.19. The summed E-state index contributed by atoms with van der Waals surface area (Å²) in [7, 11) is 0. The summed E-state index contributed by atoms with van der Waals surface area (Å²) in [6, 6.07) is 14.5. The molecule has 0 N–H and O–H groups in total. The average Bonchev–Trinajstić information content (AvgIpc) is 2.82. The van der Waals surface area contributed by atoms with Crippen LogP contribution in [0.15, 0.2) is 59.5 Å². The molecule has 0 spiro atoms. The number of nitrogens with zero attached hydrogens (tertiary/aromatic N) is 2. The summed E-state index contributed by atoms with van der Waals surface area (Å²) in [4.78, 5) is 36.0. The number of nitro groups is 1. The van der Waals surface area contributed by atoms with Crippen LogP contribution in [0.1, 0.15) is 5.56 Å². The van der Waals surface area contributed by atoms with Crippen molar-refractivity contribution in [1.29, 1.82) is 0 Å². The number of benzene rings is 2. The van der Waals surface area contributed by atoms with Crippen LogP contribution in [0.2, 0.25) is 0 Å². The van der Waals surface area contributed by atoms with Crippen LogP contribution in [-0.4, -0.2) is 16.1 Å². The van der Waals surface area contributed by atoms with Crippen molar-refractivity contribution in [3.63, 3.8) is 0 Å². The molecular formula is C16H10N2O4S. The SMILES string of the molecule is O=C1SC(=Cc2ccc([N+](=O)[O-])cc2)C(=O)N1c1ccccc1. The highest BCUT2D eigenvalue weighted by atomic mass is 32.2. The molecule has 0 bridgehead atoms. The zero-order valence-electron chi connectivity index (χ0n) is 11.7. The molecule has 0 saturated carbocycles. The Labute approximate surface area is 135 Å². The first-order chi connectivity index (χ1) is 11.1. The Balaban J connectivity index is 1.88. The Hall–Kier alpha value is -2.93. The number of nitro benzene ring substituents is 1. The Morgan fingerprint density at radius 3 is 2.26 bits per heavy atom. The molecule has 2 amide bonds. The van der Waals surface area contributed by atoms with Gasteiger partial charge in [-0.3, -0.25) is 19.7 Å². The third-order valence-corrected chi connectivity index (χ3v) is 4.08. The van der Waals surface area contributed by atoms with Crippen LogP contribution >= 0.6 is 11.8 Å². The molecule has 6 nitrogen and oxygen atoms in total. The van der Waals surface area contributed by atoms with Crippen molar-refractivity contribution in [2.24, 2.45) is 0 Å². The van der Waals surface area contributed by atoms with Crippen LogP contribution in [0.3, 0.4) is 0 Å². The maximum absolute atomic E-state index is 12.4. The first kappa shape index (κ1) is 15.0. The smallest absolute Gasteiger partial charge is 0.268 e. The summed E-state index contributed by atoms with van der Waals surface area (Å²) >= 11 is 0.847. The van der Waals surface area contributed by atoms with E-state index < -0.39 is 10.8 Å². The summed E-state index contributed by atoms with van der Waals surface area (Å²) in [6.45, 7) is 0. The van der Waals surface area contributed by atoms with Crippen LogP contribution in [-0.2, 0) is 4.79 Å². The molecule has 23 heavy (non-hydrogen) atoms. The third kappa shape index (κ3) is 3.00. The van der Waals surface area contributed by atoms with Crippen molar-refractivity contribution < 1.29 is 14.5 Å². The molecule has 1 saturated heterocycles. The van der Waals surface area contributed by atoms with E-state index in [1.165, 1.54) is 24.3 Å². The molecule has 1 heterocycles. The number of hydrogen-bond donors (Lipinski definition) is 0. The lowest BCUT2D eigenvalue weighted by molar-refractivity contribution is -0.384. The minimum Gasteiger partial charge on any atom is -0.268 e. The van der Waals surface area contributed by atoms with E-state index in [1.54, 1.807) is 36.4 Å². The molecule has 0 aromatic heterocycles. The van der Waals surface area contributed by atoms with Crippen molar-refractivity contribution in [3.8, 4) is 0 Å². The van der Waals surface area contributed by atoms with Crippen molar-refractivity contribution >= 4 is 40.4 Å². The van der Waals surface area contributed by atoms with Crippen LogP contribution in [0.25, 0.3) is 6.08 Å². The molecule has 1 aliphatic heterocycles. The molecule has 2 aromatic rings. The van der Waals surface area contributed by atoms with E-state index in [1.807, 2.05) is 0 Å². The molecule has 2 aromatic carbocycles. The minimum atomic E-state index is -0.493. The maximum atomic E-state index is 12.4. The second-order valence-electron chi connectivity index (χ2n) is 4.70. The molecular weight excluding hydrogens is 316 g/mol. The monoisotopic (exact) mass is 326 g/mol. The topological polar surface area (TPSA) is 80.5 Å². The number of hydrogen-bond acceptors (Lipinski definition) is 5. The number of carbonyl (C=O) groups is 2. The van der Waals surface area contributed by atoms with Gasteiger partial charge in [0.1, 0.15) is 0 Å². The van der Waals surface area contributed by atoms with E-state index in [2.05, 4.69) is 0 Å². The standard InChI is InChI=1S/C16H10N2O4S/c19-15-14(10-11-6-8-13(9-7-11)18(21)22)23-16(20)17(15)12-4-2-1-3-5-12/h1-10H. The zero-order chi connectivity index (χ0) is 16.4. The fourth-order valence-corrected chi connectivity index (χ4v) is 2.95. The number of imide groups is 1. The first-order valence-electron chi connectivity index (χ1n) is 6.64. The van der Waals surface area contributed by atoms with Gasteiger partial charge in [-0.25, -0.2) is 4.90 Å². The lowest BCUT2D eigenvalue weighted by Crippen LogP contribution is -2.27. The third-order valence-electron chi connectivity index (χ3n) is 3.21. The normalized spacial score (nSPS) is 16.2. The van der Waals surface area contributed by atoms with Crippen LogP contribution < -0.4 is 4.90 Å². The Bertz CT molecular complexity index is 816. The van der Waals surface area contributed by atoms with E-state index in [0.717, 1.165) is 16.7 Å². The van der Waals surface area contributed by atoms with Gasteiger partial charge in [0.25, 0.3) is 16.8 Å². The van der Waals surface area contributed by atoms with Gasteiger partial charge in [-0.05, 0) is 47.7 Å². The highest BCUT2D eigenvalue weighted by Gasteiger charge is 2.36. The fraction of sp³-hybridized carbons (Fsp3) is 0. The number of thioether (sulfide) groups is 1. The summed E-state index contributed by atoms with van der Waals surface area (Å²) in [5.74, 6) is -0.399. The molecule has 3 rings (SSSR count). The van der Waals surface area contributed by atoms with Crippen molar-refractivity contribution in [2.75, 3.05) is 4.90 Å². The van der Waals surface area contributed by atoms with Crippen LogP contribution in [0.5, 0.6) is 0 Å². The average molecular weight is 326 g/mol. The number of rotatable bonds is 3. The molecule has 0 atom stereocenters. The second kappa shape index (κ2) is 6.05. The van der Waals surface area contributed by atoms with Crippen LogP contribution in [0.4, 0.5) is 16.2 Å². The molecule has 0 aliphatic carbocycles. The lowest BCUT2D eigenvalue weighted by atomic mass is 10.2. The van der Waals surface area contributed by atoms with E-state index in [9.17, 15) is 19.7 Å². The Morgan fingerprint density at radius 1 is 1.00 bits per heavy atom. The van der Waals surface area contributed by atoms with Gasteiger partial charge in [-0.1, -0.05) is 18.2 Å². The fourth-order valence-electron chi connectivity index (χ4n) is 2.11. The molecule has 1 aliphatic rings. The van der Waals surface area contributed by atoms with Crippen molar-refractivity contribution in [3.05, 3.63) is 75.2 Å². The molecule has 7 heteroatoms. The summed E-state index contributed by atoms with van der Waals surface area (Å²) in [5.41, 5.74) is 1.11. The van der Waals surface area contributed by atoms with Gasteiger partial charge in [-0.2, -0.15) is 0 Å². The van der Waals surface area contributed by atoms with Gasteiger partial charge < -0.3 is 0 Å². The van der Waals surface area contributed by atoms with Crippen LogP contribution in [0, 0.1) is 10.1 Å². The minimum absolute atomic E-state index is 0.0282. The van der Waals surface area contributed by atoms with Crippen molar-refractivity contribution in [1.82, 2.24) is 0 Å². The highest BCUT2D eigenvalue weighted by Crippen LogP contribution is 2.35. The number of anilines is 1. The molecule has 0 unspecified atom stereocenters. The maximum Gasteiger partial charge on any atom is 0.298 e. The number of para-hydroxylation sites is 1. The number of carbonyl (C=O) groups excluding carboxylic acids is 2. The summed E-state index contributed by atoms with van der Waals surface area (Å²) in [6.07, 6.45) is 1.55. The summed E-state index contributed by atoms with van der Waals surface area (Å²) in [5, 5.41) is 10.3. The molecule has 0 radical (unpaired) electrons. The van der Waals surface area contributed by atoms with Gasteiger partial charge in [0.15, 0.2) is 0 Å². The Kier molecular flexibility index (Phi) is 3.94. The molecule has 114 valence electrons. The Morgan fingerprint density at radius 2 is 1.65 bits per heavy atom. The van der Waals surface area contributed by atoms with E-state index >= 15 is 0 Å². The van der Waals surface area contributed by atoms with Gasteiger partial charge in [0.2, 0.25) is 0 Å². The van der Waals surface area contributed by atoms with Gasteiger partial charge in [0, 0.05) is 12.1 Å². The second-order valence-corrected chi connectivity index (χ2v) is 5.69. The van der Waals surface area contributed by atoms with Gasteiger partial charge in [0.05, 0.1) is 15.5 Å². The first-order valence-corrected chi connectivity index (χ1v) is 7.45. The number of amides is 2. The number of non-ortho nitro benzene ring substituents is 1. The quantitative estimate of drug-likeness (QED) is 0.486. The lowest BCUT2D eigenvalue weighted by Gasteiger charge is -2.11. The molecule has 1 fully saturated rings. The zero-order valence-corrected chi connectivity index (χ0v) is 12.5. The summed E-state index contributed by atoms with van der Waals surface area (Å²) < 4.78 is 0. The predicted octanol–water partition coefficient (Wildman–Crippen LogP) is 3.84. The van der Waals surface area contributed by atoms with E-state index in [4.69, 9.17) is 0 Å².